The zero-order valence-corrected chi connectivity index (χ0v) is 11.7. The maximum atomic E-state index is 11.9. The van der Waals surface area contributed by atoms with Gasteiger partial charge in [0.25, 0.3) is 0 Å². The number of aryl methyl sites for hydroxylation is 1. The van der Waals surface area contributed by atoms with Crippen molar-refractivity contribution in [3.05, 3.63) is 17.8 Å². The summed E-state index contributed by atoms with van der Waals surface area (Å²) in [5.74, 6) is 0.469. The molecule has 0 bridgehead atoms. The molecule has 100 valence electrons. The predicted molar refractivity (Wildman–Crippen MR) is 74.4 cm³/mol. The molecule has 1 amide bonds. The van der Waals surface area contributed by atoms with E-state index in [4.69, 9.17) is 5.73 Å². The average Bonchev–Trinajstić information content (AvgIpc) is 2.22. The van der Waals surface area contributed by atoms with Gasteiger partial charge in [0.1, 0.15) is 11.9 Å². The third kappa shape index (κ3) is 3.91. The molecule has 0 aliphatic heterocycles. The minimum atomic E-state index is -0.388. The standard InChI is InChI=1S/C13H22N4O/c1-8-6-7-15-11(10(8)14)16-9(2)12(18)17-13(3,4)5/h6-7,9H,14H2,1-5H3,(H,15,16)(H,17,18). The van der Waals surface area contributed by atoms with E-state index in [1.165, 1.54) is 0 Å². The molecular weight excluding hydrogens is 228 g/mol. The number of anilines is 2. The van der Waals surface area contributed by atoms with Gasteiger partial charge < -0.3 is 16.4 Å². The quantitative estimate of drug-likeness (QED) is 0.762. The molecule has 5 heteroatoms. The Morgan fingerprint density at radius 3 is 2.61 bits per heavy atom. The summed E-state index contributed by atoms with van der Waals surface area (Å²) < 4.78 is 0. The van der Waals surface area contributed by atoms with Crippen LogP contribution in [0.4, 0.5) is 11.5 Å². The largest absolute Gasteiger partial charge is 0.396 e. The van der Waals surface area contributed by atoms with E-state index < -0.39 is 0 Å². The maximum absolute atomic E-state index is 11.9. The van der Waals surface area contributed by atoms with Crippen LogP contribution in [-0.4, -0.2) is 22.5 Å². The fourth-order valence-corrected chi connectivity index (χ4v) is 1.43. The van der Waals surface area contributed by atoms with E-state index in [1.54, 1.807) is 13.1 Å². The second kappa shape index (κ2) is 5.25. The monoisotopic (exact) mass is 250 g/mol. The fourth-order valence-electron chi connectivity index (χ4n) is 1.43. The molecule has 1 atom stereocenters. The minimum Gasteiger partial charge on any atom is -0.396 e. The van der Waals surface area contributed by atoms with Crippen molar-refractivity contribution in [2.24, 2.45) is 0 Å². The van der Waals surface area contributed by atoms with E-state index in [2.05, 4.69) is 15.6 Å². The van der Waals surface area contributed by atoms with E-state index in [0.717, 1.165) is 5.56 Å². The number of amides is 1. The summed E-state index contributed by atoms with van der Waals surface area (Å²) in [6.07, 6.45) is 1.67. The Morgan fingerprint density at radius 2 is 2.06 bits per heavy atom. The fraction of sp³-hybridized carbons (Fsp3) is 0.538. The lowest BCUT2D eigenvalue weighted by molar-refractivity contribution is -0.122. The molecule has 0 aliphatic rings. The van der Waals surface area contributed by atoms with Crippen molar-refractivity contribution >= 4 is 17.4 Å². The molecule has 0 aliphatic carbocycles. The molecule has 4 N–H and O–H groups in total. The molecule has 0 spiro atoms. The van der Waals surface area contributed by atoms with Crippen LogP contribution in [0.15, 0.2) is 12.3 Å². The third-order valence-electron chi connectivity index (χ3n) is 2.45. The van der Waals surface area contributed by atoms with Gasteiger partial charge in [-0.15, -0.1) is 0 Å². The van der Waals surface area contributed by atoms with Gasteiger partial charge in [0, 0.05) is 11.7 Å². The smallest absolute Gasteiger partial charge is 0.242 e. The number of hydrogen-bond acceptors (Lipinski definition) is 4. The van der Waals surface area contributed by atoms with Gasteiger partial charge in [-0.2, -0.15) is 0 Å². The SMILES string of the molecule is Cc1ccnc(NC(C)C(=O)NC(C)(C)C)c1N. The Balaban J connectivity index is 2.73. The number of aromatic nitrogens is 1. The Kier molecular flexibility index (Phi) is 4.16. The number of carbonyl (C=O) groups is 1. The first-order valence-electron chi connectivity index (χ1n) is 6.00. The van der Waals surface area contributed by atoms with Crippen LogP contribution in [0.5, 0.6) is 0 Å². The first-order chi connectivity index (χ1) is 8.20. The molecule has 1 heterocycles. The van der Waals surface area contributed by atoms with Gasteiger partial charge in [0.2, 0.25) is 5.91 Å². The predicted octanol–water partition coefficient (Wildman–Crippen LogP) is 1.69. The molecule has 0 radical (unpaired) electrons. The van der Waals surface area contributed by atoms with Crippen LogP contribution in [-0.2, 0) is 4.79 Å². The summed E-state index contributed by atoms with van der Waals surface area (Å²) >= 11 is 0. The minimum absolute atomic E-state index is 0.0785. The van der Waals surface area contributed by atoms with Crippen LogP contribution in [0.3, 0.4) is 0 Å². The molecule has 0 fully saturated rings. The molecular formula is C13H22N4O. The van der Waals surface area contributed by atoms with Crippen LogP contribution < -0.4 is 16.4 Å². The van der Waals surface area contributed by atoms with Gasteiger partial charge in [-0.1, -0.05) is 0 Å². The summed E-state index contributed by atoms with van der Waals surface area (Å²) in [4.78, 5) is 16.1. The number of nitrogens with one attached hydrogen (secondary N) is 2. The van der Waals surface area contributed by atoms with E-state index >= 15 is 0 Å². The van der Waals surface area contributed by atoms with E-state index in [1.807, 2.05) is 33.8 Å². The Labute approximate surface area is 108 Å². The normalized spacial score (nSPS) is 12.9. The molecule has 18 heavy (non-hydrogen) atoms. The molecule has 1 unspecified atom stereocenters. The van der Waals surface area contributed by atoms with Crippen LogP contribution >= 0.6 is 0 Å². The van der Waals surface area contributed by atoms with Gasteiger partial charge in [-0.3, -0.25) is 4.79 Å². The van der Waals surface area contributed by atoms with Gasteiger partial charge >= 0.3 is 0 Å². The summed E-state index contributed by atoms with van der Waals surface area (Å²) in [5.41, 5.74) is 7.17. The van der Waals surface area contributed by atoms with Crippen molar-refractivity contribution in [2.45, 2.75) is 46.2 Å². The van der Waals surface area contributed by atoms with E-state index in [-0.39, 0.29) is 17.5 Å². The maximum Gasteiger partial charge on any atom is 0.242 e. The van der Waals surface area contributed by atoms with E-state index in [9.17, 15) is 4.79 Å². The van der Waals surface area contributed by atoms with E-state index in [0.29, 0.717) is 11.5 Å². The number of hydrogen-bond donors (Lipinski definition) is 3. The highest BCUT2D eigenvalue weighted by Gasteiger charge is 2.20. The molecule has 0 saturated carbocycles. The van der Waals surface area contributed by atoms with Crippen molar-refractivity contribution in [1.29, 1.82) is 0 Å². The highest BCUT2D eigenvalue weighted by molar-refractivity contribution is 5.85. The van der Waals surface area contributed by atoms with Crippen molar-refractivity contribution in [2.75, 3.05) is 11.1 Å². The van der Waals surface area contributed by atoms with Crippen LogP contribution in [0, 0.1) is 6.92 Å². The first kappa shape index (κ1) is 14.3. The van der Waals surface area contributed by atoms with Crippen molar-refractivity contribution in [1.82, 2.24) is 10.3 Å². The zero-order chi connectivity index (χ0) is 13.9. The lowest BCUT2D eigenvalue weighted by atomic mass is 10.1. The molecule has 0 aromatic carbocycles. The summed E-state index contributed by atoms with van der Waals surface area (Å²) in [6.45, 7) is 9.51. The lowest BCUT2D eigenvalue weighted by Crippen LogP contribution is -2.47. The number of nitrogen functional groups attached to an aromatic ring is 1. The molecule has 5 nitrogen and oxygen atoms in total. The van der Waals surface area contributed by atoms with Gasteiger partial charge in [-0.25, -0.2) is 4.98 Å². The third-order valence-corrected chi connectivity index (χ3v) is 2.45. The lowest BCUT2D eigenvalue weighted by Gasteiger charge is -2.24. The molecule has 0 saturated heterocycles. The summed E-state index contributed by atoms with van der Waals surface area (Å²) in [6, 6.07) is 1.45. The van der Waals surface area contributed by atoms with Crippen LogP contribution in [0.1, 0.15) is 33.3 Å². The number of rotatable bonds is 3. The van der Waals surface area contributed by atoms with Crippen molar-refractivity contribution in [3.63, 3.8) is 0 Å². The average molecular weight is 250 g/mol. The van der Waals surface area contributed by atoms with Crippen LogP contribution in [0.2, 0.25) is 0 Å². The summed E-state index contributed by atoms with van der Waals surface area (Å²) in [5, 5.41) is 5.93. The Bertz CT molecular complexity index is 437. The zero-order valence-electron chi connectivity index (χ0n) is 11.7. The summed E-state index contributed by atoms with van der Waals surface area (Å²) in [7, 11) is 0. The van der Waals surface area contributed by atoms with Gasteiger partial charge in [-0.05, 0) is 46.2 Å². The van der Waals surface area contributed by atoms with Gasteiger partial charge in [0.15, 0.2) is 0 Å². The number of pyridine rings is 1. The number of nitrogens with zero attached hydrogens (tertiary/aromatic N) is 1. The first-order valence-corrected chi connectivity index (χ1v) is 6.00. The highest BCUT2D eigenvalue weighted by atomic mass is 16.2. The topological polar surface area (TPSA) is 80.0 Å². The Morgan fingerprint density at radius 1 is 1.44 bits per heavy atom. The molecule has 1 aromatic heterocycles. The second-order valence-corrected chi connectivity index (χ2v) is 5.50. The number of nitrogens with two attached hydrogens (primary N) is 1. The van der Waals surface area contributed by atoms with Crippen LogP contribution in [0.25, 0.3) is 0 Å². The molecule has 1 aromatic rings. The second-order valence-electron chi connectivity index (χ2n) is 5.50. The van der Waals surface area contributed by atoms with Crippen molar-refractivity contribution in [3.8, 4) is 0 Å². The Hall–Kier alpha value is -1.78. The molecule has 1 rings (SSSR count). The van der Waals surface area contributed by atoms with Gasteiger partial charge in [0.05, 0.1) is 5.69 Å². The number of carbonyl (C=O) groups excluding carboxylic acids is 1. The van der Waals surface area contributed by atoms with Crippen molar-refractivity contribution < 1.29 is 4.79 Å². The highest BCUT2D eigenvalue weighted by Crippen LogP contribution is 2.19.